The zero-order valence-electron chi connectivity index (χ0n) is 22.5. The van der Waals surface area contributed by atoms with E-state index in [1.165, 1.54) is 14.7 Å². The van der Waals surface area contributed by atoms with Crippen molar-refractivity contribution in [3.63, 3.8) is 0 Å². The van der Waals surface area contributed by atoms with Crippen molar-refractivity contribution in [3.8, 4) is 0 Å². The predicted molar refractivity (Wildman–Crippen MR) is 156 cm³/mol. The molecule has 1 spiro atoms. The third-order valence-electron chi connectivity index (χ3n) is 10.7. The van der Waals surface area contributed by atoms with Crippen molar-refractivity contribution in [2.45, 2.75) is 57.7 Å². The molecule has 6 rings (SSSR count). The number of carbonyl (C=O) groups is 1. The third kappa shape index (κ3) is 3.59. The van der Waals surface area contributed by atoms with Crippen LogP contribution in [0.1, 0.15) is 50.6 Å². The molecule has 0 N–H and O–H groups in total. The molecule has 4 nitrogen and oxygen atoms in total. The third-order valence-corrected chi connectivity index (χ3v) is 17.6. The number of hydrogen-bond acceptors (Lipinski definition) is 3. The van der Waals surface area contributed by atoms with Crippen LogP contribution in [-0.2, 0) is 14.8 Å². The van der Waals surface area contributed by atoms with Gasteiger partial charge in [0.05, 0.1) is 11.8 Å². The summed E-state index contributed by atoms with van der Waals surface area (Å²) in [6.45, 7) is 6.80. The second-order valence-corrected chi connectivity index (χ2v) is 18.5. The molecule has 1 heterocycles. The fourth-order valence-corrected chi connectivity index (χ4v) is 15.3. The Bertz CT molecular complexity index is 1400. The van der Waals surface area contributed by atoms with Gasteiger partial charge < -0.3 is 0 Å². The second kappa shape index (κ2) is 8.92. The minimum atomic E-state index is -3.66. The monoisotopic (exact) mass is 543 g/mol. The lowest BCUT2D eigenvalue weighted by Crippen LogP contribution is -2.61. The summed E-state index contributed by atoms with van der Waals surface area (Å²) in [6.07, 6.45) is 2.97. The minimum absolute atomic E-state index is 0.0596. The molecule has 3 aliphatic rings. The molecule has 1 saturated heterocycles. The zero-order chi connectivity index (χ0) is 26.8. The lowest BCUT2D eigenvalue weighted by atomic mass is 9.69. The van der Waals surface area contributed by atoms with Crippen molar-refractivity contribution < 1.29 is 13.2 Å². The van der Waals surface area contributed by atoms with Gasteiger partial charge in [0.15, 0.2) is 0 Å². The first-order valence-corrected chi connectivity index (χ1v) is 18.0. The average Bonchev–Trinajstić information content (AvgIpc) is 3.41. The van der Waals surface area contributed by atoms with E-state index >= 15 is 0 Å². The SMILES string of the molecule is CC1(C)[C@@H]2CC[C@]13CS(=O)(=O)N(C(=O)C[C@H](c1ccccc1)[Si](C)(c1ccccc1)c1ccccc1)[C@@H]3C2. The molecule has 4 atom stereocenters. The molecule has 2 saturated carbocycles. The number of sulfonamides is 1. The number of hydrogen-bond donors (Lipinski definition) is 0. The highest BCUT2D eigenvalue weighted by Gasteiger charge is 2.72. The molecule has 0 unspecified atom stereocenters. The van der Waals surface area contributed by atoms with Gasteiger partial charge in [-0.2, -0.15) is 0 Å². The van der Waals surface area contributed by atoms with Crippen LogP contribution in [0.25, 0.3) is 0 Å². The molecule has 0 aromatic heterocycles. The predicted octanol–water partition coefficient (Wildman–Crippen LogP) is 4.96. The molecule has 38 heavy (non-hydrogen) atoms. The van der Waals surface area contributed by atoms with Crippen LogP contribution >= 0.6 is 0 Å². The summed E-state index contributed by atoms with van der Waals surface area (Å²) in [5.41, 5.74) is 0.617. The molecule has 198 valence electrons. The highest BCUT2D eigenvalue weighted by molar-refractivity contribution is 7.90. The van der Waals surface area contributed by atoms with Gasteiger partial charge in [-0.15, -0.1) is 0 Å². The van der Waals surface area contributed by atoms with Gasteiger partial charge in [-0.05, 0) is 41.7 Å². The number of carbonyl (C=O) groups excluding carboxylic acids is 1. The Balaban J connectivity index is 1.45. The molecule has 3 fully saturated rings. The van der Waals surface area contributed by atoms with Crippen LogP contribution in [-0.4, -0.2) is 38.5 Å². The number of nitrogens with zero attached hydrogens (tertiary/aromatic N) is 1. The fraction of sp³-hybridized carbons (Fsp3) is 0.406. The largest absolute Gasteiger partial charge is 0.274 e. The van der Waals surface area contributed by atoms with Gasteiger partial charge in [-0.1, -0.05) is 122 Å². The van der Waals surface area contributed by atoms with E-state index in [9.17, 15) is 13.2 Å². The van der Waals surface area contributed by atoms with Crippen LogP contribution in [0.15, 0.2) is 91.0 Å². The van der Waals surface area contributed by atoms with E-state index in [4.69, 9.17) is 0 Å². The van der Waals surface area contributed by atoms with Crippen molar-refractivity contribution in [2.24, 2.45) is 16.7 Å². The molecule has 6 heteroatoms. The second-order valence-electron chi connectivity index (χ2n) is 12.4. The first-order valence-electron chi connectivity index (χ1n) is 13.8. The molecule has 2 aliphatic carbocycles. The van der Waals surface area contributed by atoms with Gasteiger partial charge in [0.25, 0.3) is 0 Å². The number of benzene rings is 3. The Morgan fingerprint density at radius 3 is 1.97 bits per heavy atom. The van der Waals surface area contributed by atoms with Crippen LogP contribution < -0.4 is 10.4 Å². The van der Waals surface area contributed by atoms with Crippen molar-refractivity contribution in [3.05, 3.63) is 96.6 Å². The lowest BCUT2D eigenvalue weighted by molar-refractivity contribution is -0.129. The zero-order valence-corrected chi connectivity index (χ0v) is 24.3. The molecule has 1 aliphatic heterocycles. The summed E-state index contributed by atoms with van der Waals surface area (Å²) >= 11 is 0. The van der Waals surface area contributed by atoms with Crippen LogP contribution in [0.5, 0.6) is 0 Å². The quantitative estimate of drug-likeness (QED) is 0.413. The van der Waals surface area contributed by atoms with E-state index in [1.807, 2.05) is 30.3 Å². The Labute approximate surface area is 228 Å². The number of rotatable bonds is 6. The summed E-state index contributed by atoms with van der Waals surface area (Å²) in [5, 5.41) is 2.49. The van der Waals surface area contributed by atoms with Crippen LogP contribution in [0, 0.1) is 16.7 Å². The normalized spacial score (nSPS) is 27.7. The Morgan fingerprint density at radius 1 is 0.921 bits per heavy atom. The van der Waals surface area contributed by atoms with E-state index in [0.717, 1.165) is 24.8 Å². The van der Waals surface area contributed by atoms with Crippen molar-refractivity contribution in [2.75, 3.05) is 5.75 Å². The molecular weight excluding hydrogens is 507 g/mol. The van der Waals surface area contributed by atoms with Gasteiger partial charge in [-0.3, -0.25) is 4.79 Å². The summed E-state index contributed by atoms with van der Waals surface area (Å²) in [6, 6.07) is 31.1. The molecule has 1 amide bonds. The molecule has 0 radical (unpaired) electrons. The van der Waals surface area contributed by atoms with Crippen molar-refractivity contribution in [1.82, 2.24) is 4.31 Å². The maximum atomic E-state index is 14.3. The number of fused-ring (bicyclic) bond motifs is 1. The van der Waals surface area contributed by atoms with E-state index in [2.05, 4.69) is 81.1 Å². The average molecular weight is 544 g/mol. The van der Waals surface area contributed by atoms with Crippen LogP contribution in [0.4, 0.5) is 0 Å². The van der Waals surface area contributed by atoms with E-state index in [1.54, 1.807) is 0 Å². The minimum Gasteiger partial charge on any atom is -0.274 e. The maximum absolute atomic E-state index is 14.3. The highest BCUT2D eigenvalue weighted by Crippen LogP contribution is 2.70. The Hall–Kier alpha value is -2.70. The summed E-state index contributed by atoms with van der Waals surface area (Å²) in [5.74, 6) is 0.369. The summed E-state index contributed by atoms with van der Waals surface area (Å²) in [7, 11) is -6.22. The molecule has 3 aromatic carbocycles. The van der Waals surface area contributed by atoms with Crippen LogP contribution in [0.3, 0.4) is 0 Å². The first kappa shape index (κ1) is 25.6. The first-order chi connectivity index (χ1) is 18.1. The lowest BCUT2D eigenvalue weighted by Gasteiger charge is -2.39. The Morgan fingerprint density at radius 2 is 1.45 bits per heavy atom. The maximum Gasteiger partial charge on any atom is 0.238 e. The van der Waals surface area contributed by atoms with Crippen molar-refractivity contribution >= 4 is 34.4 Å². The van der Waals surface area contributed by atoms with Crippen LogP contribution in [0.2, 0.25) is 6.55 Å². The van der Waals surface area contributed by atoms with Gasteiger partial charge in [0, 0.05) is 11.8 Å². The van der Waals surface area contributed by atoms with Gasteiger partial charge in [0.2, 0.25) is 15.9 Å². The van der Waals surface area contributed by atoms with Crippen molar-refractivity contribution in [1.29, 1.82) is 0 Å². The van der Waals surface area contributed by atoms with Gasteiger partial charge >= 0.3 is 0 Å². The molecular formula is C32H37NO3SSi. The van der Waals surface area contributed by atoms with E-state index in [0.29, 0.717) is 5.92 Å². The van der Waals surface area contributed by atoms with Gasteiger partial charge in [-0.25, -0.2) is 12.7 Å². The standard InChI is InChI=1S/C32H37NO3SSi/c1-31(2)25-19-20-32(31)23-37(35,36)33(29(32)21-25)30(34)22-28(24-13-7-4-8-14-24)38(3,26-15-9-5-10-16-26)27-17-11-6-12-18-27/h4-18,25,28-29H,19-23H2,1-3H3/t25-,28-,29-,32-/m1/s1. The fourth-order valence-electron chi connectivity index (χ4n) is 8.36. The highest BCUT2D eigenvalue weighted by atomic mass is 32.2. The summed E-state index contributed by atoms with van der Waals surface area (Å²) in [4.78, 5) is 14.3. The smallest absolute Gasteiger partial charge is 0.238 e. The topological polar surface area (TPSA) is 54.5 Å². The summed E-state index contributed by atoms with van der Waals surface area (Å²) < 4.78 is 28.8. The Kier molecular flexibility index (Phi) is 6.00. The number of amides is 1. The van der Waals surface area contributed by atoms with E-state index in [-0.39, 0.29) is 40.5 Å². The van der Waals surface area contributed by atoms with Gasteiger partial charge in [0.1, 0.15) is 8.07 Å². The van der Waals surface area contributed by atoms with E-state index < -0.39 is 18.1 Å². The molecule has 3 aromatic rings. The molecule has 2 bridgehead atoms.